The average Bonchev–Trinajstić information content (AvgIpc) is 2.91. The first-order valence-electron chi connectivity index (χ1n) is 7.12. The van der Waals surface area contributed by atoms with Gasteiger partial charge < -0.3 is 25.1 Å². The Morgan fingerprint density at radius 1 is 1.24 bits per heavy atom. The normalized spacial score (nSPS) is 10.3. The number of aromatic carboxylic acids is 1. The van der Waals surface area contributed by atoms with E-state index in [0.717, 1.165) is 28.9 Å². The third-order valence-corrected chi connectivity index (χ3v) is 5.31. The molecule has 9 heteroatoms. The van der Waals surface area contributed by atoms with Gasteiger partial charge in [-0.2, -0.15) is 0 Å². The smallest absolute Gasteiger partial charge is 0.349 e. The number of thiophene rings is 1. The summed E-state index contributed by atoms with van der Waals surface area (Å²) in [5.74, 6) is -2.38. The Labute approximate surface area is 155 Å². The zero-order chi connectivity index (χ0) is 18.4. The minimum absolute atomic E-state index is 0.00286. The van der Waals surface area contributed by atoms with Crippen molar-refractivity contribution in [2.75, 3.05) is 18.5 Å². The number of ether oxygens (including phenoxy) is 1. The number of hydrogen-bond donors (Lipinski definition) is 3. The summed E-state index contributed by atoms with van der Waals surface area (Å²) in [6.45, 7) is -0.101. The Balaban J connectivity index is 2.29. The molecule has 0 bridgehead atoms. The highest BCUT2D eigenvalue weighted by molar-refractivity contribution is 9.10. The van der Waals surface area contributed by atoms with Crippen LogP contribution in [-0.2, 0) is 9.59 Å². The zero-order valence-corrected chi connectivity index (χ0v) is 15.2. The third-order valence-electron chi connectivity index (χ3n) is 3.08. The topological polar surface area (TPSA) is 113 Å². The first-order valence-corrected chi connectivity index (χ1v) is 8.73. The van der Waals surface area contributed by atoms with E-state index in [0.29, 0.717) is 22.3 Å². The molecule has 0 aliphatic carbocycles. The van der Waals surface area contributed by atoms with Gasteiger partial charge in [0.25, 0.3) is 0 Å². The van der Waals surface area contributed by atoms with Crippen LogP contribution in [-0.4, -0.2) is 41.6 Å². The molecule has 0 aliphatic heterocycles. The lowest BCUT2D eigenvalue weighted by Crippen LogP contribution is -2.11. The summed E-state index contributed by atoms with van der Waals surface area (Å²) in [4.78, 5) is 32.9. The number of halogens is 1. The number of carboxylic acid groups (broad SMARTS) is 2. The van der Waals surface area contributed by atoms with E-state index in [2.05, 4.69) is 21.2 Å². The van der Waals surface area contributed by atoms with Crippen LogP contribution in [0.4, 0.5) is 5.69 Å². The summed E-state index contributed by atoms with van der Waals surface area (Å²) in [5.41, 5.74) is 1.59. The number of rotatable bonds is 9. The highest BCUT2D eigenvalue weighted by atomic mass is 79.9. The third kappa shape index (κ3) is 4.80. The van der Waals surface area contributed by atoms with Crippen molar-refractivity contribution in [2.24, 2.45) is 0 Å². The van der Waals surface area contributed by atoms with Gasteiger partial charge in [0.2, 0.25) is 0 Å². The molecule has 0 saturated carbocycles. The van der Waals surface area contributed by atoms with Crippen LogP contribution in [0.3, 0.4) is 0 Å². The summed E-state index contributed by atoms with van der Waals surface area (Å²) in [7, 11) is 0. The molecule has 1 aromatic heterocycles. The van der Waals surface area contributed by atoms with Gasteiger partial charge >= 0.3 is 11.9 Å². The molecule has 0 spiro atoms. The second-order valence-corrected chi connectivity index (χ2v) is 6.66. The second kappa shape index (κ2) is 8.63. The predicted octanol–water partition coefficient (Wildman–Crippen LogP) is 3.34. The molecule has 0 saturated heterocycles. The zero-order valence-electron chi connectivity index (χ0n) is 12.8. The van der Waals surface area contributed by atoms with Gasteiger partial charge in [0.05, 0.1) is 9.35 Å². The Kier molecular flexibility index (Phi) is 6.54. The molecule has 2 aromatic rings. The Morgan fingerprint density at radius 3 is 2.48 bits per heavy atom. The number of benzene rings is 1. The maximum absolute atomic E-state index is 11.4. The van der Waals surface area contributed by atoms with E-state index >= 15 is 0 Å². The fourth-order valence-corrected chi connectivity index (χ4v) is 3.90. The van der Waals surface area contributed by atoms with Crippen molar-refractivity contribution in [1.82, 2.24) is 0 Å². The van der Waals surface area contributed by atoms with E-state index in [4.69, 9.17) is 9.84 Å². The standard InChI is InChI=1S/C16H14BrNO6S/c17-12-13(24-8-11(20)21)15(16(22)23)25-14(12)9-2-4-10(5-3-9)18-6-1-7-19/h2-5,7,18H,1,6,8H2,(H,20,21)(H,22,23). The molecule has 0 fully saturated rings. The van der Waals surface area contributed by atoms with Crippen LogP contribution in [0.5, 0.6) is 5.75 Å². The average molecular weight is 428 g/mol. The fraction of sp³-hybridized carbons (Fsp3) is 0.188. The van der Waals surface area contributed by atoms with Gasteiger partial charge in [0, 0.05) is 18.7 Å². The first kappa shape index (κ1) is 18.9. The van der Waals surface area contributed by atoms with Crippen molar-refractivity contribution < 1.29 is 29.3 Å². The highest BCUT2D eigenvalue weighted by Crippen LogP contribution is 2.45. The van der Waals surface area contributed by atoms with Crippen LogP contribution in [0.25, 0.3) is 10.4 Å². The van der Waals surface area contributed by atoms with Gasteiger partial charge in [-0.25, -0.2) is 9.59 Å². The number of anilines is 1. The molecule has 7 nitrogen and oxygen atoms in total. The van der Waals surface area contributed by atoms with Crippen molar-refractivity contribution in [1.29, 1.82) is 0 Å². The fourth-order valence-electron chi connectivity index (χ4n) is 2.00. The molecule has 0 aliphatic rings. The second-order valence-electron chi connectivity index (χ2n) is 4.85. The van der Waals surface area contributed by atoms with Crippen molar-refractivity contribution in [3.8, 4) is 16.2 Å². The van der Waals surface area contributed by atoms with E-state index < -0.39 is 18.5 Å². The van der Waals surface area contributed by atoms with Crippen molar-refractivity contribution in [3.05, 3.63) is 33.6 Å². The van der Waals surface area contributed by atoms with Crippen LogP contribution >= 0.6 is 27.3 Å². The van der Waals surface area contributed by atoms with E-state index in [1.54, 1.807) is 12.1 Å². The summed E-state index contributed by atoms with van der Waals surface area (Å²) in [6, 6.07) is 7.22. The van der Waals surface area contributed by atoms with Crippen LogP contribution in [0.15, 0.2) is 28.7 Å². The van der Waals surface area contributed by atoms with Gasteiger partial charge in [0.15, 0.2) is 17.2 Å². The Morgan fingerprint density at radius 2 is 1.92 bits per heavy atom. The molecular weight excluding hydrogens is 414 g/mol. The number of carboxylic acids is 2. The van der Waals surface area contributed by atoms with E-state index in [1.807, 2.05) is 12.1 Å². The van der Waals surface area contributed by atoms with E-state index in [9.17, 15) is 19.5 Å². The van der Waals surface area contributed by atoms with Crippen LogP contribution in [0.2, 0.25) is 0 Å². The predicted molar refractivity (Wildman–Crippen MR) is 96.7 cm³/mol. The largest absolute Gasteiger partial charge is 0.479 e. The summed E-state index contributed by atoms with van der Waals surface area (Å²) < 4.78 is 5.52. The molecule has 132 valence electrons. The van der Waals surface area contributed by atoms with E-state index in [-0.39, 0.29) is 10.6 Å². The van der Waals surface area contributed by atoms with Crippen LogP contribution in [0, 0.1) is 0 Å². The van der Waals surface area contributed by atoms with Crippen molar-refractivity contribution in [3.63, 3.8) is 0 Å². The molecule has 25 heavy (non-hydrogen) atoms. The lowest BCUT2D eigenvalue weighted by atomic mass is 10.1. The van der Waals surface area contributed by atoms with Crippen LogP contribution < -0.4 is 10.1 Å². The molecule has 1 aromatic carbocycles. The van der Waals surface area contributed by atoms with Gasteiger partial charge in [-0.05, 0) is 33.6 Å². The summed E-state index contributed by atoms with van der Waals surface area (Å²) in [5, 5.41) is 21.1. The minimum atomic E-state index is -1.19. The van der Waals surface area contributed by atoms with Crippen LogP contribution in [0.1, 0.15) is 16.1 Å². The molecule has 2 rings (SSSR count). The molecule has 1 heterocycles. The highest BCUT2D eigenvalue weighted by Gasteiger charge is 2.24. The number of nitrogens with one attached hydrogen (secondary N) is 1. The SMILES string of the molecule is O=CCCNc1ccc(-c2sc(C(=O)O)c(OCC(=O)O)c2Br)cc1. The monoisotopic (exact) mass is 427 g/mol. The summed E-state index contributed by atoms with van der Waals surface area (Å²) in [6.07, 6.45) is 1.24. The Bertz CT molecular complexity index is 787. The molecule has 3 N–H and O–H groups in total. The summed E-state index contributed by atoms with van der Waals surface area (Å²) >= 11 is 4.30. The van der Waals surface area contributed by atoms with E-state index in [1.165, 1.54) is 0 Å². The maximum Gasteiger partial charge on any atom is 0.349 e. The molecular formula is C16H14BrNO6S. The van der Waals surface area contributed by atoms with Gasteiger partial charge in [-0.15, -0.1) is 11.3 Å². The van der Waals surface area contributed by atoms with Gasteiger partial charge in [-0.1, -0.05) is 12.1 Å². The number of carbonyl (C=O) groups excluding carboxylic acids is 1. The quantitative estimate of drug-likeness (QED) is 0.415. The number of aldehydes is 1. The number of carbonyl (C=O) groups is 3. The molecule has 0 amide bonds. The van der Waals surface area contributed by atoms with Crippen molar-refractivity contribution in [2.45, 2.75) is 6.42 Å². The minimum Gasteiger partial charge on any atom is -0.479 e. The lowest BCUT2D eigenvalue weighted by Gasteiger charge is -2.06. The molecule has 0 atom stereocenters. The Hall–Kier alpha value is -2.39. The number of hydrogen-bond acceptors (Lipinski definition) is 6. The lowest BCUT2D eigenvalue weighted by molar-refractivity contribution is -0.139. The first-order chi connectivity index (χ1) is 11.9. The van der Waals surface area contributed by atoms with Crippen molar-refractivity contribution >= 4 is 51.2 Å². The maximum atomic E-state index is 11.4. The molecule has 0 unspecified atom stereocenters. The van der Waals surface area contributed by atoms with Gasteiger partial charge in [0.1, 0.15) is 6.29 Å². The number of aliphatic carboxylic acids is 1. The molecule has 0 radical (unpaired) electrons. The van der Waals surface area contributed by atoms with Gasteiger partial charge in [-0.3, -0.25) is 0 Å².